The molecule has 2 aromatic carbocycles. The Balaban J connectivity index is 0.00000342. The van der Waals surface area contributed by atoms with Crippen molar-refractivity contribution in [1.82, 2.24) is 4.90 Å². The summed E-state index contributed by atoms with van der Waals surface area (Å²) in [6.07, 6.45) is 4.24. The molecule has 2 aliphatic rings. The molecule has 2 aliphatic heterocycles. The van der Waals surface area contributed by atoms with Crippen LogP contribution in [0.25, 0.3) is 6.08 Å². The van der Waals surface area contributed by atoms with Crippen molar-refractivity contribution in [3.63, 3.8) is 0 Å². The average Bonchev–Trinajstić information content (AvgIpc) is 2.79. The van der Waals surface area contributed by atoms with E-state index < -0.39 is 11.8 Å². The van der Waals surface area contributed by atoms with Crippen LogP contribution in [-0.2, 0) is 11.4 Å². The number of ether oxygens (including phenoxy) is 3. The number of halogens is 3. The van der Waals surface area contributed by atoms with Crippen molar-refractivity contribution in [3.05, 3.63) is 69.5 Å². The van der Waals surface area contributed by atoms with Gasteiger partial charge in [0.05, 0.1) is 16.7 Å². The fourth-order valence-corrected chi connectivity index (χ4v) is 4.20. The summed E-state index contributed by atoms with van der Waals surface area (Å²) in [5.41, 5.74) is 2.49. The highest BCUT2D eigenvalue weighted by molar-refractivity contribution is 6.32. The van der Waals surface area contributed by atoms with Crippen LogP contribution in [0.1, 0.15) is 31.4 Å². The number of hydrogen-bond acceptors (Lipinski definition) is 5. The minimum atomic E-state index is -0.899. The van der Waals surface area contributed by atoms with Crippen LogP contribution in [0.3, 0.4) is 0 Å². The Bertz CT molecular complexity index is 1150. The summed E-state index contributed by atoms with van der Waals surface area (Å²) in [4.78, 5) is 13.3. The van der Waals surface area contributed by atoms with Crippen molar-refractivity contribution in [3.8, 4) is 17.2 Å². The number of carboxylic acids is 1. The summed E-state index contributed by atoms with van der Waals surface area (Å²) in [5, 5.41) is 9.71. The summed E-state index contributed by atoms with van der Waals surface area (Å²) < 4.78 is 32.1. The zero-order chi connectivity index (χ0) is 24.2. The maximum Gasteiger partial charge on any atom is 0.332 e. The maximum absolute atomic E-state index is 14.9. The van der Waals surface area contributed by atoms with Crippen LogP contribution < -0.4 is 14.2 Å². The number of nitrogens with zero attached hydrogens (tertiary/aromatic N) is 1. The molecule has 2 heterocycles. The molecule has 0 fully saturated rings. The van der Waals surface area contributed by atoms with Crippen LogP contribution in [-0.4, -0.2) is 48.3 Å². The summed E-state index contributed by atoms with van der Waals surface area (Å²) in [6.45, 7) is 6.03. The van der Waals surface area contributed by atoms with Crippen molar-refractivity contribution in [1.29, 1.82) is 0 Å². The number of hydrogen-bond donors (Lipinski definition) is 1. The van der Waals surface area contributed by atoms with Crippen LogP contribution in [0.4, 0.5) is 4.39 Å². The van der Waals surface area contributed by atoms with Gasteiger partial charge in [-0.05, 0) is 49.6 Å². The maximum atomic E-state index is 14.9. The van der Waals surface area contributed by atoms with Crippen LogP contribution in [0.5, 0.6) is 17.2 Å². The third kappa shape index (κ3) is 6.90. The van der Waals surface area contributed by atoms with E-state index in [1.165, 1.54) is 6.07 Å². The number of rotatable bonds is 8. The number of carbonyl (C=O) groups is 1. The zero-order valence-electron chi connectivity index (χ0n) is 19.6. The normalized spacial score (nSPS) is 15.3. The zero-order valence-corrected chi connectivity index (χ0v) is 21.1. The first-order chi connectivity index (χ1) is 16.3. The smallest absolute Gasteiger partial charge is 0.332 e. The number of carboxylic acid groups (broad SMARTS) is 1. The van der Waals surface area contributed by atoms with Gasteiger partial charge in [0, 0.05) is 37.3 Å². The third-order valence-corrected chi connectivity index (χ3v) is 5.82. The van der Waals surface area contributed by atoms with Gasteiger partial charge in [0.25, 0.3) is 0 Å². The molecule has 0 amide bonds. The fraction of sp³-hybridized carbons (Fsp3) is 0.346. The van der Waals surface area contributed by atoms with Gasteiger partial charge in [-0.15, -0.1) is 12.4 Å². The molecule has 0 unspecified atom stereocenters. The Morgan fingerprint density at radius 2 is 2.09 bits per heavy atom. The highest BCUT2D eigenvalue weighted by atomic mass is 35.5. The van der Waals surface area contributed by atoms with Crippen LogP contribution >= 0.6 is 24.0 Å². The topological polar surface area (TPSA) is 68.2 Å². The first-order valence-electron chi connectivity index (χ1n) is 11.2. The summed E-state index contributed by atoms with van der Waals surface area (Å²) in [7, 11) is 0. The van der Waals surface area contributed by atoms with E-state index in [1.807, 2.05) is 24.8 Å². The summed E-state index contributed by atoms with van der Waals surface area (Å²) in [6, 6.07) is 8.43. The monoisotopic (exact) mass is 523 g/mol. The van der Waals surface area contributed by atoms with Gasteiger partial charge < -0.3 is 19.3 Å². The second-order valence-electron chi connectivity index (χ2n) is 8.66. The van der Waals surface area contributed by atoms with Crippen LogP contribution in [0, 0.1) is 5.82 Å². The molecule has 35 heavy (non-hydrogen) atoms. The molecule has 2 aromatic rings. The standard InChI is InChI=1S/C26H27ClFNO5.ClH/c1-16(2)34-24-6-5-17(9-22(24)27)14-32-20-10-23(28)21-8-18(15-33-25(21)11-20)12-29-7-3-4-19(13-29)26(30)31;/h4-6,8-11,16H,3,7,12-15H2,1-2H3,(H,30,31);1H. The lowest BCUT2D eigenvalue weighted by Gasteiger charge is -2.28. The Morgan fingerprint density at radius 1 is 1.29 bits per heavy atom. The molecule has 0 aliphatic carbocycles. The molecular formula is C26H28Cl2FNO5. The minimum absolute atomic E-state index is 0. The molecule has 1 N–H and O–H groups in total. The molecule has 0 saturated carbocycles. The third-order valence-electron chi connectivity index (χ3n) is 5.52. The van der Waals surface area contributed by atoms with Crippen molar-refractivity contribution in [2.45, 2.75) is 33.0 Å². The molecule has 6 nitrogen and oxygen atoms in total. The Labute approximate surface area is 215 Å². The second-order valence-corrected chi connectivity index (χ2v) is 9.07. The molecule has 0 aromatic heterocycles. The SMILES string of the molecule is CC(C)Oc1ccc(COc2cc(F)c3c(c2)OCC(CN2CCC=C(C(=O)O)C2)=C3)cc1Cl.Cl. The predicted octanol–water partition coefficient (Wildman–Crippen LogP) is 5.76. The fourth-order valence-electron chi connectivity index (χ4n) is 3.95. The Kier molecular flexibility index (Phi) is 9.05. The Hall–Kier alpha value is -2.74. The molecule has 188 valence electrons. The lowest BCUT2D eigenvalue weighted by Crippen LogP contribution is -2.35. The highest BCUT2D eigenvalue weighted by Crippen LogP contribution is 2.34. The second kappa shape index (κ2) is 11.8. The van der Waals surface area contributed by atoms with E-state index in [4.69, 9.17) is 25.8 Å². The molecule has 4 rings (SSSR count). The van der Waals surface area contributed by atoms with E-state index in [0.29, 0.717) is 59.5 Å². The molecule has 9 heteroatoms. The van der Waals surface area contributed by atoms with Gasteiger partial charge >= 0.3 is 5.97 Å². The van der Waals surface area contributed by atoms with E-state index in [1.54, 1.807) is 30.4 Å². The van der Waals surface area contributed by atoms with E-state index >= 15 is 0 Å². The van der Waals surface area contributed by atoms with Crippen LogP contribution in [0.2, 0.25) is 5.02 Å². The van der Waals surface area contributed by atoms with E-state index in [2.05, 4.69) is 0 Å². The molecule has 0 bridgehead atoms. The lowest BCUT2D eigenvalue weighted by molar-refractivity contribution is -0.133. The molecule has 0 saturated heterocycles. The van der Waals surface area contributed by atoms with Crippen molar-refractivity contribution >= 4 is 36.1 Å². The van der Waals surface area contributed by atoms with E-state index in [0.717, 1.165) is 17.7 Å². The van der Waals surface area contributed by atoms with E-state index in [-0.39, 0.29) is 25.1 Å². The predicted molar refractivity (Wildman–Crippen MR) is 135 cm³/mol. The molecule has 0 radical (unpaired) electrons. The van der Waals surface area contributed by atoms with Gasteiger partial charge in [-0.2, -0.15) is 0 Å². The van der Waals surface area contributed by atoms with Gasteiger partial charge in [0.1, 0.15) is 36.3 Å². The number of fused-ring (bicyclic) bond motifs is 1. The lowest BCUT2D eigenvalue weighted by atomic mass is 10.0. The number of benzene rings is 2. The van der Waals surface area contributed by atoms with Crippen molar-refractivity contribution < 1.29 is 28.5 Å². The summed E-state index contributed by atoms with van der Waals surface area (Å²) >= 11 is 6.28. The largest absolute Gasteiger partial charge is 0.489 e. The minimum Gasteiger partial charge on any atom is -0.489 e. The molecule has 0 atom stereocenters. The van der Waals surface area contributed by atoms with Gasteiger partial charge in [0.15, 0.2) is 0 Å². The molecular weight excluding hydrogens is 496 g/mol. The van der Waals surface area contributed by atoms with Gasteiger partial charge in [-0.3, -0.25) is 4.90 Å². The highest BCUT2D eigenvalue weighted by Gasteiger charge is 2.22. The van der Waals surface area contributed by atoms with Crippen molar-refractivity contribution in [2.24, 2.45) is 0 Å². The Morgan fingerprint density at radius 3 is 2.80 bits per heavy atom. The van der Waals surface area contributed by atoms with E-state index in [9.17, 15) is 14.3 Å². The molecule has 0 spiro atoms. The quantitative estimate of drug-likeness (QED) is 0.474. The van der Waals surface area contributed by atoms with Gasteiger partial charge in [-0.25, -0.2) is 9.18 Å². The first-order valence-corrected chi connectivity index (χ1v) is 11.5. The number of aliphatic carboxylic acids is 1. The van der Waals surface area contributed by atoms with Crippen LogP contribution in [0.15, 0.2) is 47.6 Å². The summed E-state index contributed by atoms with van der Waals surface area (Å²) in [5.74, 6) is 0.0509. The first kappa shape index (κ1) is 26.9. The average molecular weight is 524 g/mol. The van der Waals surface area contributed by atoms with Gasteiger partial charge in [-0.1, -0.05) is 23.7 Å². The van der Waals surface area contributed by atoms with Gasteiger partial charge in [0.2, 0.25) is 0 Å². The van der Waals surface area contributed by atoms with Crippen molar-refractivity contribution in [2.75, 3.05) is 26.2 Å².